The smallest absolute Gasteiger partial charge is 0.131 e. The zero-order valence-corrected chi connectivity index (χ0v) is 9.83. The molecule has 0 saturated carbocycles. The molecule has 2 rings (SSSR count). The Hall–Kier alpha value is -1.41. The van der Waals surface area contributed by atoms with Crippen LogP contribution in [0.15, 0.2) is 36.4 Å². The van der Waals surface area contributed by atoms with Gasteiger partial charge in [-0.2, -0.15) is 0 Å². The first-order valence-electron chi connectivity index (χ1n) is 5.69. The van der Waals surface area contributed by atoms with Gasteiger partial charge in [0.05, 0.1) is 0 Å². The summed E-state index contributed by atoms with van der Waals surface area (Å²) >= 11 is 0. The minimum absolute atomic E-state index is 0.165. The first kappa shape index (κ1) is 12.7. The number of nitrogens with two attached hydrogens (primary N) is 1. The molecular formula is C14H18FN. The van der Waals surface area contributed by atoms with Gasteiger partial charge in [0.1, 0.15) is 5.82 Å². The molecule has 0 saturated heterocycles. The quantitative estimate of drug-likeness (QED) is 0.821. The minimum atomic E-state index is -0.165. The molecule has 1 nitrogen and oxygen atoms in total. The second-order valence-corrected chi connectivity index (χ2v) is 3.29. The standard InChI is InChI=1S/C12H12FN.C2H6/c13-12-6-5-9(7-8-14)10-3-1-2-4-11(10)12;1-2/h1-6H,7-8,14H2;1-2H3. The predicted molar refractivity (Wildman–Crippen MR) is 68.0 cm³/mol. The molecule has 0 radical (unpaired) electrons. The van der Waals surface area contributed by atoms with Gasteiger partial charge in [-0.3, -0.25) is 0 Å². The average Bonchev–Trinajstić information content (AvgIpc) is 2.36. The molecule has 16 heavy (non-hydrogen) atoms. The van der Waals surface area contributed by atoms with Crippen molar-refractivity contribution in [3.8, 4) is 0 Å². The molecule has 0 aliphatic rings. The Balaban J connectivity index is 0.000000606. The molecule has 2 heteroatoms. The topological polar surface area (TPSA) is 26.0 Å². The van der Waals surface area contributed by atoms with Crippen LogP contribution in [-0.4, -0.2) is 6.54 Å². The molecule has 2 aromatic carbocycles. The molecule has 0 atom stereocenters. The van der Waals surface area contributed by atoms with E-state index in [1.54, 1.807) is 6.07 Å². The van der Waals surface area contributed by atoms with Crippen LogP contribution >= 0.6 is 0 Å². The maximum absolute atomic E-state index is 13.4. The largest absolute Gasteiger partial charge is 0.330 e. The average molecular weight is 219 g/mol. The summed E-state index contributed by atoms with van der Waals surface area (Å²) in [5.41, 5.74) is 6.61. The summed E-state index contributed by atoms with van der Waals surface area (Å²) in [4.78, 5) is 0. The van der Waals surface area contributed by atoms with E-state index in [0.29, 0.717) is 11.9 Å². The Morgan fingerprint density at radius 2 is 1.62 bits per heavy atom. The fourth-order valence-corrected chi connectivity index (χ4v) is 1.70. The van der Waals surface area contributed by atoms with E-state index in [0.717, 1.165) is 17.4 Å². The lowest BCUT2D eigenvalue weighted by molar-refractivity contribution is 0.639. The number of hydrogen-bond donors (Lipinski definition) is 1. The molecule has 0 amide bonds. The Bertz CT molecular complexity index is 451. The van der Waals surface area contributed by atoms with E-state index in [2.05, 4.69) is 0 Å². The summed E-state index contributed by atoms with van der Waals surface area (Å²) in [7, 11) is 0. The zero-order valence-electron chi connectivity index (χ0n) is 9.83. The van der Waals surface area contributed by atoms with Gasteiger partial charge in [-0.25, -0.2) is 4.39 Å². The number of rotatable bonds is 2. The van der Waals surface area contributed by atoms with Crippen LogP contribution in [0.1, 0.15) is 19.4 Å². The van der Waals surface area contributed by atoms with Gasteiger partial charge < -0.3 is 5.73 Å². The van der Waals surface area contributed by atoms with Crippen LogP contribution < -0.4 is 5.73 Å². The van der Waals surface area contributed by atoms with Gasteiger partial charge in [-0.05, 0) is 30.0 Å². The highest BCUT2D eigenvalue weighted by Gasteiger charge is 2.03. The third-order valence-corrected chi connectivity index (χ3v) is 2.37. The van der Waals surface area contributed by atoms with Crippen LogP contribution in [0, 0.1) is 5.82 Å². The highest BCUT2D eigenvalue weighted by Crippen LogP contribution is 2.21. The van der Waals surface area contributed by atoms with Gasteiger partial charge in [0.2, 0.25) is 0 Å². The second-order valence-electron chi connectivity index (χ2n) is 3.29. The molecule has 0 aliphatic heterocycles. The van der Waals surface area contributed by atoms with Gasteiger partial charge in [-0.15, -0.1) is 0 Å². The predicted octanol–water partition coefficient (Wildman–Crippen LogP) is 3.51. The van der Waals surface area contributed by atoms with Crippen molar-refractivity contribution in [3.63, 3.8) is 0 Å². The van der Waals surface area contributed by atoms with E-state index in [1.807, 2.05) is 38.1 Å². The molecule has 0 aromatic heterocycles. The van der Waals surface area contributed by atoms with Crippen molar-refractivity contribution in [2.24, 2.45) is 5.73 Å². The van der Waals surface area contributed by atoms with E-state index < -0.39 is 0 Å². The van der Waals surface area contributed by atoms with Gasteiger partial charge in [0, 0.05) is 5.39 Å². The molecule has 0 unspecified atom stereocenters. The fraction of sp³-hybridized carbons (Fsp3) is 0.286. The molecule has 0 spiro atoms. The molecule has 0 fully saturated rings. The van der Waals surface area contributed by atoms with Crippen molar-refractivity contribution >= 4 is 10.8 Å². The van der Waals surface area contributed by atoms with Gasteiger partial charge in [-0.1, -0.05) is 44.2 Å². The SMILES string of the molecule is CC.NCCc1ccc(F)c2ccccc12. The van der Waals surface area contributed by atoms with Crippen molar-refractivity contribution in [3.05, 3.63) is 47.8 Å². The lowest BCUT2D eigenvalue weighted by Crippen LogP contribution is -2.03. The summed E-state index contributed by atoms with van der Waals surface area (Å²) < 4.78 is 13.4. The summed E-state index contributed by atoms with van der Waals surface area (Å²) in [5.74, 6) is -0.165. The zero-order chi connectivity index (χ0) is 12.0. The highest BCUT2D eigenvalue weighted by molar-refractivity contribution is 5.86. The van der Waals surface area contributed by atoms with Crippen molar-refractivity contribution in [2.45, 2.75) is 20.3 Å². The Labute approximate surface area is 96.1 Å². The van der Waals surface area contributed by atoms with E-state index in [-0.39, 0.29) is 5.82 Å². The number of hydrogen-bond acceptors (Lipinski definition) is 1. The van der Waals surface area contributed by atoms with Crippen LogP contribution in [0.2, 0.25) is 0 Å². The van der Waals surface area contributed by atoms with E-state index in [9.17, 15) is 4.39 Å². The van der Waals surface area contributed by atoms with E-state index in [4.69, 9.17) is 5.73 Å². The van der Waals surface area contributed by atoms with Crippen molar-refractivity contribution in [1.82, 2.24) is 0 Å². The van der Waals surface area contributed by atoms with Crippen molar-refractivity contribution in [1.29, 1.82) is 0 Å². The first-order chi connectivity index (χ1) is 7.83. The van der Waals surface area contributed by atoms with Gasteiger partial charge in [0.15, 0.2) is 0 Å². The summed E-state index contributed by atoms with van der Waals surface area (Å²) in [6.07, 6.45) is 0.792. The van der Waals surface area contributed by atoms with Crippen molar-refractivity contribution < 1.29 is 4.39 Å². The summed E-state index contributed by atoms with van der Waals surface area (Å²) in [6.45, 7) is 4.59. The number of fused-ring (bicyclic) bond motifs is 1. The lowest BCUT2D eigenvalue weighted by atomic mass is 10.0. The van der Waals surface area contributed by atoms with Crippen LogP contribution in [0.25, 0.3) is 10.8 Å². The Morgan fingerprint density at radius 1 is 1.00 bits per heavy atom. The molecule has 86 valence electrons. The van der Waals surface area contributed by atoms with Gasteiger partial charge >= 0.3 is 0 Å². The fourth-order valence-electron chi connectivity index (χ4n) is 1.70. The monoisotopic (exact) mass is 219 g/mol. The molecule has 2 N–H and O–H groups in total. The van der Waals surface area contributed by atoms with Crippen LogP contribution in [0.4, 0.5) is 4.39 Å². The second kappa shape index (κ2) is 6.23. The van der Waals surface area contributed by atoms with Crippen molar-refractivity contribution in [2.75, 3.05) is 6.54 Å². The Kier molecular flexibility index (Phi) is 4.93. The normalized spacial score (nSPS) is 9.75. The van der Waals surface area contributed by atoms with Crippen LogP contribution in [0.5, 0.6) is 0 Å². The molecular weight excluding hydrogens is 201 g/mol. The summed E-state index contributed by atoms with van der Waals surface area (Å²) in [6, 6.07) is 10.8. The number of benzene rings is 2. The summed E-state index contributed by atoms with van der Waals surface area (Å²) in [5, 5.41) is 1.65. The lowest BCUT2D eigenvalue weighted by Gasteiger charge is -2.05. The maximum atomic E-state index is 13.4. The van der Waals surface area contributed by atoms with Gasteiger partial charge in [0.25, 0.3) is 0 Å². The van der Waals surface area contributed by atoms with Crippen LogP contribution in [-0.2, 0) is 6.42 Å². The molecule has 2 aromatic rings. The minimum Gasteiger partial charge on any atom is -0.330 e. The third kappa shape index (κ3) is 2.58. The van der Waals surface area contributed by atoms with Crippen LogP contribution in [0.3, 0.4) is 0 Å². The molecule has 0 aliphatic carbocycles. The third-order valence-electron chi connectivity index (χ3n) is 2.37. The first-order valence-corrected chi connectivity index (χ1v) is 5.69. The Morgan fingerprint density at radius 3 is 2.25 bits per heavy atom. The highest BCUT2D eigenvalue weighted by atomic mass is 19.1. The maximum Gasteiger partial charge on any atom is 0.131 e. The molecule has 0 bridgehead atoms. The van der Waals surface area contributed by atoms with E-state index in [1.165, 1.54) is 6.07 Å². The van der Waals surface area contributed by atoms with E-state index >= 15 is 0 Å². The molecule has 0 heterocycles. The number of halogens is 1.